The minimum atomic E-state index is 0.0306. The first kappa shape index (κ1) is 13.9. The van der Waals surface area contributed by atoms with E-state index in [1.807, 2.05) is 23.4 Å². The van der Waals surface area contributed by atoms with E-state index in [2.05, 4.69) is 29.1 Å². The summed E-state index contributed by atoms with van der Waals surface area (Å²) >= 11 is 0. The summed E-state index contributed by atoms with van der Waals surface area (Å²) in [7, 11) is 0. The molecule has 0 radical (unpaired) electrons. The molecule has 0 spiro atoms. The van der Waals surface area contributed by atoms with Crippen molar-refractivity contribution >= 4 is 16.9 Å². The van der Waals surface area contributed by atoms with E-state index in [0.717, 1.165) is 37.9 Å². The Hall–Kier alpha value is -2.10. The molecular weight excluding hydrogens is 262 g/mol. The molecule has 1 aromatic heterocycles. The number of imidazole rings is 1. The molecule has 1 saturated heterocycles. The van der Waals surface area contributed by atoms with Crippen LogP contribution in [0.5, 0.6) is 0 Å². The van der Waals surface area contributed by atoms with Crippen LogP contribution in [0.15, 0.2) is 37.2 Å². The van der Waals surface area contributed by atoms with E-state index in [-0.39, 0.29) is 5.91 Å². The van der Waals surface area contributed by atoms with Crippen LogP contribution in [-0.4, -0.2) is 33.4 Å². The number of benzene rings is 1. The third-order valence-corrected chi connectivity index (χ3v) is 4.32. The first-order valence-corrected chi connectivity index (χ1v) is 7.54. The zero-order chi connectivity index (χ0) is 14.8. The average Bonchev–Trinajstić information content (AvgIpc) is 2.78. The van der Waals surface area contributed by atoms with Gasteiger partial charge < -0.3 is 9.47 Å². The highest BCUT2D eigenvalue weighted by molar-refractivity contribution is 5.87. The van der Waals surface area contributed by atoms with Crippen LogP contribution >= 0.6 is 0 Å². The molecule has 1 aliphatic heterocycles. The number of rotatable bonds is 2. The maximum Gasteiger partial charge on any atom is 0.246 e. The Balaban J connectivity index is 1.97. The van der Waals surface area contributed by atoms with Gasteiger partial charge in [-0.15, -0.1) is 0 Å². The standard InChI is InChI=1S/C17H21N3O/c1-3-16(21)19-10-5-4-8-14(11-19)20-12-18-15-9-6-7-13(2)17(15)20/h3,6-7,9,12,14H,1,4-5,8,10-11H2,2H3. The number of amides is 1. The van der Waals surface area contributed by atoms with Gasteiger partial charge in [-0.3, -0.25) is 4.79 Å². The number of para-hydroxylation sites is 1. The van der Waals surface area contributed by atoms with Crippen LogP contribution in [0.3, 0.4) is 0 Å². The molecule has 1 amide bonds. The van der Waals surface area contributed by atoms with Crippen molar-refractivity contribution in [1.82, 2.24) is 14.5 Å². The van der Waals surface area contributed by atoms with Crippen molar-refractivity contribution in [2.24, 2.45) is 0 Å². The summed E-state index contributed by atoms with van der Waals surface area (Å²) in [5, 5.41) is 0. The predicted molar refractivity (Wildman–Crippen MR) is 84.1 cm³/mol. The normalized spacial score (nSPS) is 19.5. The molecule has 0 bridgehead atoms. The fraction of sp³-hybridized carbons (Fsp3) is 0.412. The lowest BCUT2D eigenvalue weighted by atomic mass is 10.1. The molecule has 4 nitrogen and oxygen atoms in total. The van der Waals surface area contributed by atoms with E-state index < -0.39 is 0 Å². The molecule has 3 rings (SSSR count). The Kier molecular flexibility index (Phi) is 3.78. The Morgan fingerprint density at radius 3 is 3.10 bits per heavy atom. The third-order valence-electron chi connectivity index (χ3n) is 4.32. The molecule has 110 valence electrons. The van der Waals surface area contributed by atoms with Gasteiger partial charge in [0.1, 0.15) is 0 Å². The van der Waals surface area contributed by atoms with Crippen LogP contribution in [0.25, 0.3) is 11.0 Å². The van der Waals surface area contributed by atoms with E-state index in [1.165, 1.54) is 17.2 Å². The van der Waals surface area contributed by atoms with Crippen LogP contribution in [0.1, 0.15) is 30.9 Å². The number of fused-ring (bicyclic) bond motifs is 1. The molecule has 2 heterocycles. The summed E-state index contributed by atoms with van der Waals surface area (Å²) in [6.07, 6.45) is 6.61. The van der Waals surface area contributed by atoms with Gasteiger partial charge in [-0.25, -0.2) is 4.98 Å². The highest BCUT2D eigenvalue weighted by Gasteiger charge is 2.23. The second-order valence-electron chi connectivity index (χ2n) is 5.73. The summed E-state index contributed by atoms with van der Waals surface area (Å²) in [5.41, 5.74) is 3.45. The molecule has 1 atom stereocenters. The summed E-state index contributed by atoms with van der Waals surface area (Å²) < 4.78 is 2.25. The first-order valence-electron chi connectivity index (χ1n) is 7.54. The van der Waals surface area contributed by atoms with E-state index in [0.29, 0.717) is 6.04 Å². The molecule has 21 heavy (non-hydrogen) atoms. The van der Waals surface area contributed by atoms with Crippen molar-refractivity contribution in [2.75, 3.05) is 13.1 Å². The third kappa shape index (κ3) is 2.58. The number of carbonyl (C=O) groups excluding carboxylic acids is 1. The second-order valence-corrected chi connectivity index (χ2v) is 5.73. The quantitative estimate of drug-likeness (QED) is 0.794. The van der Waals surface area contributed by atoms with Gasteiger partial charge in [0, 0.05) is 13.1 Å². The number of aromatic nitrogens is 2. The van der Waals surface area contributed by atoms with Gasteiger partial charge in [0.25, 0.3) is 0 Å². The lowest BCUT2D eigenvalue weighted by Gasteiger charge is -2.25. The van der Waals surface area contributed by atoms with E-state index in [1.54, 1.807) is 0 Å². The number of nitrogens with zero attached hydrogens (tertiary/aromatic N) is 3. The Morgan fingerprint density at radius 1 is 1.43 bits per heavy atom. The Bertz CT molecular complexity index is 674. The van der Waals surface area contributed by atoms with Gasteiger partial charge in [-0.2, -0.15) is 0 Å². The highest BCUT2D eigenvalue weighted by Crippen LogP contribution is 2.27. The van der Waals surface area contributed by atoms with E-state index in [4.69, 9.17) is 0 Å². The first-order chi connectivity index (χ1) is 10.2. The van der Waals surface area contributed by atoms with Gasteiger partial charge in [0.15, 0.2) is 0 Å². The molecule has 1 aliphatic rings. The van der Waals surface area contributed by atoms with Gasteiger partial charge in [0.05, 0.1) is 23.4 Å². The van der Waals surface area contributed by atoms with Crippen LogP contribution in [0.2, 0.25) is 0 Å². The van der Waals surface area contributed by atoms with Crippen LogP contribution in [0.4, 0.5) is 0 Å². The zero-order valence-corrected chi connectivity index (χ0v) is 12.5. The Labute approximate surface area is 125 Å². The fourth-order valence-electron chi connectivity index (χ4n) is 3.22. The summed E-state index contributed by atoms with van der Waals surface area (Å²) in [5.74, 6) is 0.0306. The van der Waals surface area contributed by atoms with Crippen molar-refractivity contribution < 1.29 is 4.79 Å². The van der Waals surface area contributed by atoms with E-state index in [9.17, 15) is 4.79 Å². The van der Waals surface area contributed by atoms with Crippen LogP contribution in [0, 0.1) is 6.92 Å². The van der Waals surface area contributed by atoms with Gasteiger partial charge in [0.2, 0.25) is 5.91 Å². The summed E-state index contributed by atoms with van der Waals surface area (Å²) in [6.45, 7) is 7.29. The maximum atomic E-state index is 11.9. The minimum absolute atomic E-state index is 0.0306. The van der Waals surface area contributed by atoms with Crippen LogP contribution in [-0.2, 0) is 4.79 Å². The van der Waals surface area contributed by atoms with E-state index >= 15 is 0 Å². The summed E-state index contributed by atoms with van der Waals surface area (Å²) in [6, 6.07) is 6.49. The monoisotopic (exact) mass is 283 g/mol. The zero-order valence-electron chi connectivity index (χ0n) is 12.5. The molecule has 1 aromatic carbocycles. The van der Waals surface area contributed by atoms with Crippen molar-refractivity contribution in [3.05, 3.63) is 42.7 Å². The number of hydrogen-bond donors (Lipinski definition) is 0. The SMILES string of the molecule is C=CC(=O)N1CCCCC(n2cnc3cccc(C)c32)C1. The largest absolute Gasteiger partial charge is 0.337 e. The molecule has 1 unspecified atom stereocenters. The van der Waals surface area contributed by atoms with Crippen molar-refractivity contribution in [2.45, 2.75) is 32.2 Å². The number of aryl methyl sites for hydroxylation is 1. The van der Waals surface area contributed by atoms with Crippen LogP contribution < -0.4 is 0 Å². The smallest absolute Gasteiger partial charge is 0.246 e. The van der Waals surface area contributed by atoms with Crippen molar-refractivity contribution in [3.8, 4) is 0 Å². The molecule has 0 aliphatic carbocycles. The Morgan fingerprint density at radius 2 is 2.29 bits per heavy atom. The molecule has 0 N–H and O–H groups in total. The second kappa shape index (κ2) is 5.72. The molecule has 0 saturated carbocycles. The van der Waals surface area contributed by atoms with Gasteiger partial charge >= 0.3 is 0 Å². The van der Waals surface area contributed by atoms with Crippen molar-refractivity contribution in [3.63, 3.8) is 0 Å². The molecule has 2 aromatic rings. The maximum absolute atomic E-state index is 11.9. The average molecular weight is 283 g/mol. The van der Waals surface area contributed by atoms with Crippen molar-refractivity contribution in [1.29, 1.82) is 0 Å². The predicted octanol–water partition coefficient (Wildman–Crippen LogP) is 3.08. The number of likely N-dealkylation sites (tertiary alicyclic amines) is 1. The topological polar surface area (TPSA) is 38.1 Å². The molecular formula is C17H21N3O. The lowest BCUT2D eigenvalue weighted by Crippen LogP contribution is -2.34. The van der Waals surface area contributed by atoms with Gasteiger partial charge in [-0.05, 0) is 43.9 Å². The number of hydrogen-bond acceptors (Lipinski definition) is 2. The minimum Gasteiger partial charge on any atom is -0.337 e. The van der Waals surface area contributed by atoms with Gasteiger partial charge in [-0.1, -0.05) is 18.7 Å². The molecule has 1 fully saturated rings. The fourth-order valence-corrected chi connectivity index (χ4v) is 3.22. The number of carbonyl (C=O) groups is 1. The molecule has 4 heteroatoms. The summed E-state index contributed by atoms with van der Waals surface area (Å²) in [4.78, 5) is 18.4. The lowest BCUT2D eigenvalue weighted by molar-refractivity contribution is -0.126. The highest BCUT2D eigenvalue weighted by atomic mass is 16.2.